The van der Waals surface area contributed by atoms with E-state index in [-0.39, 0.29) is 12.1 Å². The number of nitrogens with zero attached hydrogens (tertiary/aromatic N) is 1. The van der Waals surface area contributed by atoms with E-state index in [0.29, 0.717) is 28.4 Å². The largest absolute Gasteiger partial charge is 0.467 e. The minimum atomic E-state index is -0.864. The minimum absolute atomic E-state index is 0.253. The number of hydrogen-bond acceptors (Lipinski definition) is 4. The summed E-state index contributed by atoms with van der Waals surface area (Å²) in [5, 5.41) is 3.53. The third kappa shape index (κ3) is 2.57. The highest BCUT2D eigenvalue weighted by molar-refractivity contribution is 6.30. The highest BCUT2D eigenvalue weighted by atomic mass is 35.5. The number of rotatable bonds is 2. The van der Waals surface area contributed by atoms with Crippen LogP contribution >= 0.6 is 11.6 Å². The fraction of sp³-hybridized carbons (Fsp3) is 0.263. The number of ether oxygens (including phenoxy) is 2. The third-order valence-corrected chi connectivity index (χ3v) is 4.99. The van der Waals surface area contributed by atoms with Gasteiger partial charge in [-0.15, -0.1) is 0 Å². The summed E-state index contributed by atoms with van der Waals surface area (Å²) in [5.74, 6) is 0.201. The molecule has 0 spiro atoms. The molecule has 1 saturated heterocycles. The van der Waals surface area contributed by atoms with Crippen molar-refractivity contribution in [3.05, 3.63) is 58.6 Å². The van der Waals surface area contributed by atoms with Crippen LogP contribution in [-0.2, 0) is 4.74 Å². The predicted molar refractivity (Wildman–Crippen MR) is 96.6 cm³/mol. The number of urea groups is 1. The van der Waals surface area contributed by atoms with Crippen molar-refractivity contribution in [2.45, 2.75) is 25.1 Å². The van der Waals surface area contributed by atoms with Gasteiger partial charge in [-0.1, -0.05) is 17.7 Å². The van der Waals surface area contributed by atoms with E-state index in [0.717, 1.165) is 5.56 Å². The zero-order chi connectivity index (χ0) is 18.5. The second-order valence-electron chi connectivity index (χ2n) is 6.54. The van der Waals surface area contributed by atoms with Crippen molar-refractivity contribution in [3.63, 3.8) is 0 Å². The van der Waals surface area contributed by atoms with Crippen molar-refractivity contribution < 1.29 is 19.1 Å². The lowest BCUT2D eigenvalue weighted by Gasteiger charge is -2.50. The summed E-state index contributed by atoms with van der Waals surface area (Å²) in [6.07, 6.45) is 0.531. The smallest absolute Gasteiger partial charge is 0.337 e. The number of amides is 2. The van der Waals surface area contributed by atoms with Crippen LogP contribution in [0, 0.1) is 0 Å². The molecular formula is C19H17ClN2O4. The van der Waals surface area contributed by atoms with Crippen LogP contribution < -0.4 is 15.0 Å². The molecule has 134 valence electrons. The van der Waals surface area contributed by atoms with Gasteiger partial charge in [-0.2, -0.15) is 0 Å². The molecule has 2 aromatic rings. The molecule has 2 atom stereocenters. The first-order chi connectivity index (χ1) is 12.4. The average molecular weight is 373 g/mol. The molecule has 1 N–H and O–H groups in total. The molecule has 2 heterocycles. The second-order valence-corrected chi connectivity index (χ2v) is 6.98. The summed E-state index contributed by atoms with van der Waals surface area (Å²) in [4.78, 5) is 26.2. The normalized spacial score (nSPS) is 23.6. The van der Waals surface area contributed by atoms with Gasteiger partial charge in [0.25, 0.3) is 0 Å². The van der Waals surface area contributed by atoms with Crippen LogP contribution in [0.1, 0.15) is 35.3 Å². The molecule has 1 fully saturated rings. The molecule has 2 aliphatic rings. The quantitative estimate of drug-likeness (QED) is 0.812. The predicted octanol–water partition coefficient (Wildman–Crippen LogP) is 3.90. The lowest BCUT2D eigenvalue weighted by molar-refractivity contribution is 0.0377. The van der Waals surface area contributed by atoms with E-state index < -0.39 is 11.7 Å². The van der Waals surface area contributed by atoms with E-state index in [1.54, 1.807) is 41.3 Å². The van der Waals surface area contributed by atoms with Crippen LogP contribution in [-0.4, -0.2) is 24.8 Å². The fourth-order valence-electron chi connectivity index (χ4n) is 3.63. The summed E-state index contributed by atoms with van der Waals surface area (Å²) in [6.45, 7) is 1.87. The highest BCUT2D eigenvalue weighted by Gasteiger charge is 2.50. The number of benzene rings is 2. The Balaban J connectivity index is 1.76. The first kappa shape index (κ1) is 16.7. The lowest BCUT2D eigenvalue weighted by atomic mass is 9.89. The van der Waals surface area contributed by atoms with E-state index in [1.807, 2.05) is 13.0 Å². The molecule has 0 aliphatic carbocycles. The van der Waals surface area contributed by atoms with Gasteiger partial charge >= 0.3 is 12.0 Å². The maximum atomic E-state index is 12.8. The molecule has 2 aromatic carbocycles. The Morgan fingerprint density at radius 3 is 2.88 bits per heavy atom. The van der Waals surface area contributed by atoms with Crippen molar-refractivity contribution in [2.75, 3.05) is 12.0 Å². The zero-order valence-electron chi connectivity index (χ0n) is 14.3. The summed E-state index contributed by atoms with van der Waals surface area (Å²) < 4.78 is 11.0. The third-order valence-electron chi connectivity index (χ3n) is 4.76. The summed E-state index contributed by atoms with van der Waals surface area (Å²) in [7, 11) is 1.33. The Bertz CT molecular complexity index is 916. The fourth-order valence-corrected chi connectivity index (χ4v) is 3.81. The minimum Gasteiger partial charge on any atom is -0.467 e. The van der Waals surface area contributed by atoms with E-state index in [4.69, 9.17) is 21.1 Å². The van der Waals surface area contributed by atoms with E-state index >= 15 is 0 Å². The molecule has 2 aliphatic heterocycles. The Labute approximate surface area is 155 Å². The summed E-state index contributed by atoms with van der Waals surface area (Å²) in [5.41, 5.74) is 0.984. The van der Waals surface area contributed by atoms with Crippen LogP contribution in [0.3, 0.4) is 0 Å². The zero-order valence-corrected chi connectivity index (χ0v) is 15.0. The van der Waals surface area contributed by atoms with Crippen molar-refractivity contribution >= 4 is 29.3 Å². The van der Waals surface area contributed by atoms with Crippen LogP contribution in [0.4, 0.5) is 10.5 Å². The van der Waals surface area contributed by atoms with Crippen LogP contribution in [0.2, 0.25) is 5.02 Å². The van der Waals surface area contributed by atoms with Crippen molar-refractivity contribution in [3.8, 4) is 5.75 Å². The lowest BCUT2D eigenvalue weighted by Crippen LogP contribution is -2.65. The van der Waals surface area contributed by atoms with Crippen LogP contribution in [0.15, 0.2) is 42.5 Å². The number of carbonyl (C=O) groups excluding carboxylic acids is 2. The number of carbonyl (C=O) groups is 2. The van der Waals surface area contributed by atoms with E-state index in [9.17, 15) is 9.59 Å². The molecule has 2 amide bonds. The Kier molecular flexibility index (Phi) is 3.80. The Morgan fingerprint density at radius 1 is 1.35 bits per heavy atom. The first-order valence-corrected chi connectivity index (χ1v) is 8.57. The number of halogens is 1. The number of nitrogens with one attached hydrogen (secondary N) is 1. The van der Waals surface area contributed by atoms with Gasteiger partial charge in [0, 0.05) is 17.0 Å². The summed E-state index contributed by atoms with van der Waals surface area (Å²) >= 11 is 6.09. The van der Waals surface area contributed by atoms with Gasteiger partial charge in [-0.05, 0) is 43.3 Å². The summed E-state index contributed by atoms with van der Waals surface area (Å²) in [6, 6.07) is 11.7. The molecule has 4 rings (SSSR count). The number of methoxy groups -OCH3 is 1. The standard InChI is InChI=1S/C19H17ClN2O4/c1-19-10-15(14-8-11(17(23)25-2)6-7-16(14)26-19)21-18(24)22(19)13-5-3-4-12(20)9-13/h3-9,15H,10H2,1-2H3,(H,21,24)/t15-,19-/m1/s1. The molecule has 0 aromatic heterocycles. The maximum Gasteiger partial charge on any atom is 0.337 e. The van der Waals surface area contributed by atoms with Gasteiger partial charge in [0.1, 0.15) is 5.75 Å². The number of esters is 1. The van der Waals surface area contributed by atoms with E-state index in [2.05, 4.69) is 5.32 Å². The van der Waals surface area contributed by atoms with Gasteiger partial charge in [-0.25, -0.2) is 9.59 Å². The monoisotopic (exact) mass is 372 g/mol. The van der Waals surface area contributed by atoms with Gasteiger partial charge in [0.2, 0.25) is 0 Å². The molecule has 6 nitrogen and oxygen atoms in total. The average Bonchev–Trinajstić information content (AvgIpc) is 2.60. The number of fused-ring (bicyclic) bond motifs is 4. The molecule has 7 heteroatoms. The SMILES string of the molecule is COC(=O)c1ccc2c(c1)[C@H]1C[C@@](C)(O2)N(c2cccc(Cl)c2)C(=O)N1. The number of hydrogen-bond donors (Lipinski definition) is 1. The van der Waals surface area contributed by atoms with Gasteiger partial charge in [0.15, 0.2) is 5.72 Å². The maximum absolute atomic E-state index is 12.8. The first-order valence-electron chi connectivity index (χ1n) is 8.19. The van der Waals surface area contributed by atoms with Crippen molar-refractivity contribution in [2.24, 2.45) is 0 Å². The second kappa shape index (κ2) is 5.92. The van der Waals surface area contributed by atoms with Crippen LogP contribution in [0.25, 0.3) is 0 Å². The molecular weight excluding hydrogens is 356 g/mol. The Hall–Kier alpha value is -2.73. The van der Waals surface area contributed by atoms with Crippen LogP contribution in [0.5, 0.6) is 5.75 Å². The molecule has 2 bridgehead atoms. The highest BCUT2D eigenvalue weighted by Crippen LogP contribution is 2.46. The molecule has 26 heavy (non-hydrogen) atoms. The topological polar surface area (TPSA) is 67.9 Å². The molecule has 0 saturated carbocycles. The molecule has 0 unspecified atom stereocenters. The van der Waals surface area contributed by atoms with Gasteiger partial charge in [0.05, 0.1) is 24.4 Å². The molecule has 0 radical (unpaired) electrons. The van der Waals surface area contributed by atoms with Crippen molar-refractivity contribution in [1.82, 2.24) is 5.32 Å². The van der Waals surface area contributed by atoms with Gasteiger partial charge in [-0.3, -0.25) is 4.90 Å². The van der Waals surface area contributed by atoms with Gasteiger partial charge < -0.3 is 14.8 Å². The number of anilines is 1. The van der Waals surface area contributed by atoms with E-state index in [1.165, 1.54) is 7.11 Å². The Morgan fingerprint density at radius 2 is 2.15 bits per heavy atom. The van der Waals surface area contributed by atoms with Crippen molar-refractivity contribution in [1.29, 1.82) is 0 Å².